The first kappa shape index (κ1) is 15.2. The van der Waals surface area contributed by atoms with Crippen LogP contribution < -0.4 is 10.1 Å². The molecule has 0 atom stereocenters. The van der Waals surface area contributed by atoms with Gasteiger partial charge in [0.05, 0.1) is 6.61 Å². The van der Waals surface area contributed by atoms with Crippen LogP contribution in [0.15, 0.2) is 24.3 Å². The van der Waals surface area contributed by atoms with Gasteiger partial charge >= 0.3 is 0 Å². The summed E-state index contributed by atoms with van der Waals surface area (Å²) in [5.41, 5.74) is 0.791. The van der Waals surface area contributed by atoms with Gasteiger partial charge in [-0.3, -0.25) is 4.79 Å². The van der Waals surface area contributed by atoms with Crippen molar-refractivity contribution >= 4 is 34.2 Å². The van der Waals surface area contributed by atoms with Gasteiger partial charge in [0.25, 0.3) is 0 Å². The third kappa shape index (κ3) is 6.20. The molecule has 100 valence electrons. The quantitative estimate of drug-likeness (QED) is 0.439. The molecule has 5 heteroatoms. The Kier molecular flexibility index (Phi) is 7.75. The maximum atomic E-state index is 11.5. The van der Waals surface area contributed by atoms with Crippen LogP contribution in [0.1, 0.15) is 12.8 Å². The second-order valence-corrected chi connectivity index (χ2v) is 4.79. The fourth-order valence-electron chi connectivity index (χ4n) is 1.39. The topological polar surface area (TPSA) is 47.6 Å². The van der Waals surface area contributed by atoms with Gasteiger partial charge in [-0.05, 0) is 30.7 Å². The molecule has 0 aliphatic carbocycles. The van der Waals surface area contributed by atoms with Crippen LogP contribution in [0.25, 0.3) is 0 Å². The second-order valence-electron chi connectivity index (χ2n) is 3.71. The smallest absolute Gasteiger partial charge is 0.224 e. The SMILES string of the molecule is COCCCC(=O)Nc1ccc(OCCI)cc1. The van der Waals surface area contributed by atoms with Gasteiger partial charge in [-0.2, -0.15) is 0 Å². The molecular weight excluding hydrogens is 345 g/mol. The molecule has 1 aromatic rings. The summed E-state index contributed by atoms with van der Waals surface area (Å²) in [7, 11) is 1.63. The Balaban J connectivity index is 2.35. The molecule has 0 heterocycles. The summed E-state index contributed by atoms with van der Waals surface area (Å²) < 4.78 is 11.3. The molecule has 0 spiro atoms. The highest BCUT2D eigenvalue weighted by molar-refractivity contribution is 14.1. The van der Waals surface area contributed by atoms with Crippen molar-refractivity contribution in [3.8, 4) is 5.75 Å². The van der Waals surface area contributed by atoms with Gasteiger partial charge in [0.2, 0.25) is 5.91 Å². The molecule has 0 aliphatic rings. The van der Waals surface area contributed by atoms with Crippen LogP contribution in [0.3, 0.4) is 0 Å². The summed E-state index contributed by atoms with van der Waals surface area (Å²) in [4.78, 5) is 11.5. The number of ether oxygens (including phenoxy) is 2. The van der Waals surface area contributed by atoms with Crippen LogP contribution in [0.5, 0.6) is 5.75 Å². The number of carbonyl (C=O) groups excluding carboxylic acids is 1. The minimum absolute atomic E-state index is 0.00739. The average molecular weight is 363 g/mol. The van der Waals surface area contributed by atoms with Crippen molar-refractivity contribution in [2.75, 3.05) is 30.1 Å². The summed E-state index contributed by atoms with van der Waals surface area (Å²) >= 11 is 2.26. The van der Waals surface area contributed by atoms with Crippen LogP contribution in [0, 0.1) is 0 Å². The van der Waals surface area contributed by atoms with E-state index in [-0.39, 0.29) is 5.91 Å². The molecule has 0 unspecified atom stereocenters. The number of halogens is 1. The van der Waals surface area contributed by atoms with Gasteiger partial charge in [0.15, 0.2) is 0 Å². The predicted octanol–water partition coefficient (Wildman–Crippen LogP) is 2.87. The van der Waals surface area contributed by atoms with Gasteiger partial charge in [-0.1, -0.05) is 22.6 Å². The minimum Gasteiger partial charge on any atom is -0.493 e. The highest BCUT2D eigenvalue weighted by atomic mass is 127. The maximum absolute atomic E-state index is 11.5. The Morgan fingerprint density at radius 2 is 2.00 bits per heavy atom. The first-order valence-corrected chi connectivity index (χ1v) is 7.36. The van der Waals surface area contributed by atoms with E-state index in [0.717, 1.165) is 22.3 Å². The summed E-state index contributed by atoms with van der Waals surface area (Å²) in [6.45, 7) is 1.31. The van der Waals surface area contributed by atoms with Gasteiger partial charge in [-0.25, -0.2) is 0 Å². The second kappa shape index (κ2) is 9.16. The number of nitrogens with one attached hydrogen (secondary N) is 1. The Morgan fingerprint density at radius 3 is 2.61 bits per heavy atom. The van der Waals surface area contributed by atoms with E-state index in [2.05, 4.69) is 27.9 Å². The van der Waals surface area contributed by atoms with E-state index in [0.29, 0.717) is 19.6 Å². The molecule has 0 aliphatic heterocycles. The molecule has 18 heavy (non-hydrogen) atoms. The maximum Gasteiger partial charge on any atom is 0.224 e. The van der Waals surface area contributed by atoms with Crippen molar-refractivity contribution < 1.29 is 14.3 Å². The van der Waals surface area contributed by atoms with Crippen LogP contribution in [-0.2, 0) is 9.53 Å². The third-order valence-electron chi connectivity index (χ3n) is 2.24. The van der Waals surface area contributed by atoms with E-state index in [4.69, 9.17) is 9.47 Å². The lowest BCUT2D eigenvalue weighted by molar-refractivity contribution is -0.116. The molecule has 1 amide bonds. The number of carbonyl (C=O) groups is 1. The molecule has 1 aromatic carbocycles. The molecular formula is C13H18INO3. The first-order valence-electron chi connectivity index (χ1n) is 5.84. The number of anilines is 1. The molecule has 0 saturated heterocycles. The van der Waals surface area contributed by atoms with Crippen molar-refractivity contribution in [2.24, 2.45) is 0 Å². The van der Waals surface area contributed by atoms with Crippen molar-refractivity contribution in [3.63, 3.8) is 0 Å². The van der Waals surface area contributed by atoms with Gasteiger partial charge in [-0.15, -0.1) is 0 Å². The van der Waals surface area contributed by atoms with E-state index in [9.17, 15) is 4.79 Å². The van der Waals surface area contributed by atoms with Gasteiger partial charge in [0.1, 0.15) is 5.75 Å². The lowest BCUT2D eigenvalue weighted by Crippen LogP contribution is -2.11. The molecule has 0 bridgehead atoms. The zero-order valence-electron chi connectivity index (χ0n) is 10.4. The summed E-state index contributed by atoms with van der Waals surface area (Å²) in [6, 6.07) is 7.40. The Bertz CT molecular complexity index is 354. The number of benzene rings is 1. The molecule has 0 fully saturated rings. The largest absolute Gasteiger partial charge is 0.493 e. The van der Waals surface area contributed by atoms with E-state index in [1.807, 2.05) is 24.3 Å². The van der Waals surface area contributed by atoms with Crippen LogP contribution in [-0.4, -0.2) is 30.7 Å². The molecule has 1 N–H and O–H groups in total. The number of methoxy groups -OCH3 is 1. The predicted molar refractivity (Wildman–Crippen MR) is 80.6 cm³/mol. The van der Waals surface area contributed by atoms with Crippen molar-refractivity contribution in [3.05, 3.63) is 24.3 Å². The van der Waals surface area contributed by atoms with E-state index in [1.54, 1.807) is 7.11 Å². The van der Waals surface area contributed by atoms with Crippen LogP contribution >= 0.6 is 22.6 Å². The third-order valence-corrected chi connectivity index (χ3v) is 2.68. The molecule has 4 nitrogen and oxygen atoms in total. The van der Waals surface area contributed by atoms with Gasteiger partial charge in [0, 0.05) is 30.3 Å². The molecule has 1 rings (SSSR count). The molecule has 0 saturated carbocycles. The normalized spacial score (nSPS) is 10.1. The number of rotatable bonds is 8. The molecule has 0 radical (unpaired) electrons. The first-order chi connectivity index (χ1) is 8.76. The summed E-state index contributed by atoms with van der Waals surface area (Å²) in [6.07, 6.45) is 1.21. The highest BCUT2D eigenvalue weighted by Crippen LogP contribution is 2.16. The summed E-state index contributed by atoms with van der Waals surface area (Å²) in [5, 5.41) is 2.83. The van der Waals surface area contributed by atoms with Crippen LogP contribution in [0.4, 0.5) is 5.69 Å². The zero-order valence-corrected chi connectivity index (χ0v) is 12.6. The lowest BCUT2D eigenvalue weighted by atomic mass is 10.2. The number of amides is 1. The standard InChI is InChI=1S/C13H18INO3/c1-17-9-2-3-13(16)15-11-4-6-12(7-5-11)18-10-8-14/h4-7H,2-3,8-10H2,1H3,(H,15,16). The average Bonchev–Trinajstić information content (AvgIpc) is 2.38. The molecule has 0 aromatic heterocycles. The lowest BCUT2D eigenvalue weighted by Gasteiger charge is -2.07. The fraction of sp³-hybridized carbons (Fsp3) is 0.462. The highest BCUT2D eigenvalue weighted by Gasteiger charge is 2.02. The number of alkyl halides is 1. The van der Waals surface area contributed by atoms with Gasteiger partial charge < -0.3 is 14.8 Å². The monoisotopic (exact) mass is 363 g/mol. The number of hydrogen-bond donors (Lipinski definition) is 1. The van der Waals surface area contributed by atoms with E-state index < -0.39 is 0 Å². The Morgan fingerprint density at radius 1 is 1.28 bits per heavy atom. The van der Waals surface area contributed by atoms with Crippen LogP contribution in [0.2, 0.25) is 0 Å². The van der Waals surface area contributed by atoms with E-state index in [1.165, 1.54) is 0 Å². The van der Waals surface area contributed by atoms with Crippen molar-refractivity contribution in [1.29, 1.82) is 0 Å². The zero-order chi connectivity index (χ0) is 13.2. The number of hydrogen-bond acceptors (Lipinski definition) is 3. The summed E-state index contributed by atoms with van der Waals surface area (Å²) in [5.74, 6) is 0.831. The Hall–Kier alpha value is -0.820. The minimum atomic E-state index is 0.00739. The Labute approximate surface area is 121 Å². The van der Waals surface area contributed by atoms with Crippen molar-refractivity contribution in [1.82, 2.24) is 0 Å². The van der Waals surface area contributed by atoms with Crippen molar-refractivity contribution in [2.45, 2.75) is 12.8 Å². The van der Waals surface area contributed by atoms with E-state index >= 15 is 0 Å². The fourth-order valence-corrected chi connectivity index (χ4v) is 1.61.